The van der Waals surface area contributed by atoms with Gasteiger partial charge in [-0.2, -0.15) is 13.2 Å². The molecule has 4 amide bonds. The normalized spacial score (nSPS) is 29.2. The molecule has 2 aliphatic carbocycles. The van der Waals surface area contributed by atoms with E-state index in [1.165, 1.54) is 4.90 Å². The summed E-state index contributed by atoms with van der Waals surface area (Å²) in [6.07, 6.45) is 0.713. The number of hydrogen-bond donors (Lipinski definition) is 3. The molecule has 14 nitrogen and oxygen atoms in total. The zero-order valence-corrected chi connectivity index (χ0v) is 35.0. The highest BCUT2D eigenvalue weighted by Crippen LogP contribution is 2.48. The smallest absolute Gasteiger partial charge is 0.427 e. The van der Waals surface area contributed by atoms with Crippen LogP contribution in [0.15, 0.2) is 42.6 Å². The van der Waals surface area contributed by atoms with Gasteiger partial charge in [-0.05, 0) is 82.6 Å². The highest BCUT2D eigenvalue weighted by molar-refractivity contribution is 7.91. The Morgan fingerprint density at radius 1 is 1.10 bits per heavy atom. The third-order valence-electron chi connectivity index (χ3n) is 12.3. The summed E-state index contributed by atoms with van der Waals surface area (Å²) in [5, 5.41) is 6.70. The maximum Gasteiger partial charge on any atom is 0.427 e. The molecular weight excluding hydrogens is 796 g/mol. The number of fused-ring (bicyclic) bond motifs is 3. The third kappa shape index (κ3) is 9.17. The predicted molar refractivity (Wildman–Crippen MR) is 210 cm³/mol. The van der Waals surface area contributed by atoms with Gasteiger partial charge in [0.25, 0.3) is 5.91 Å². The van der Waals surface area contributed by atoms with Crippen molar-refractivity contribution in [3.05, 3.63) is 48.2 Å². The maximum absolute atomic E-state index is 14.9. The lowest BCUT2D eigenvalue weighted by molar-refractivity contribution is -0.244. The predicted octanol–water partition coefficient (Wildman–Crippen LogP) is 5.44. The lowest BCUT2D eigenvalue weighted by atomic mass is 9.85. The molecule has 18 heteroatoms. The van der Waals surface area contributed by atoms with Crippen LogP contribution in [-0.2, 0) is 40.5 Å². The molecule has 0 radical (unpaired) electrons. The van der Waals surface area contributed by atoms with Crippen molar-refractivity contribution in [2.75, 3.05) is 13.7 Å². The fraction of sp³-hybridized carbons (Fsp3) is 0.634. The van der Waals surface area contributed by atoms with Crippen LogP contribution in [0.25, 0.3) is 10.8 Å². The molecule has 0 bridgehead atoms. The first-order valence-electron chi connectivity index (χ1n) is 20.1. The van der Waals surface area contributed by atoms with Gasteiger partial charge in [0.05, 0.1) is 17.9 Å². The monoisotopic (exact) mass is 849 g/mol. The van der Waals surface area contributed by atoms with E-state index in [9.17, 15) is 40.8 Å². The molecule has 1 saturated heterocycles. The van der Waals surface area contributed by atoms with Gasteiger partial charge in [0.1, 0.15) is 23.7 Å². The number of aromatic nitrogens is 1. The first-order valence-corrected chi connectivity index (χ1v) is 21.6. The lowest BCUT2D eigenvalue weighted by Crippen LogP contribution is -2.60. The summed E-state index contributed by atoms with van der Waals surface area (Å²) in [7, 11) is -2.52. The Labute approximate surface area is 342 Å². The first kappa shape index (κ1) is 44.1. The number of alkyl halides is 3. The Kier molecular flexibility index (Phi) is 12.4. The Bertz CT molecular complexity index is 2090. The molecule has 2 aliphatic heterocycles. The molecular formula is C41H54F3N5O9S. The molecule has 6 rings (SSSR count). The minimum absolute atomic E-state index is 0.0307. The molecule has 3 N–H and O–H groups in total. The van der Waals surface area contributed by atoms with E-state index in [4.69, 9.17) is 14.2 Å². The molecule has 1 aromatic heterocycles. The van der Waals surface area contributed by atoms with Crippen LogP contribution < -0.4 is 20.1 Å². The SMILES string of the molecule is CC[C@@H]1C[C@H](C)CC/C=C\[C@@H]2C[C@@]2(C(=O)NS(=O)(=O)C2(C)CC2)NC(=O)[C@@H]2C[C@@H](Oc3ncc(COC)c4ccccc34)CN2C(=O)[C@H]1NC(=O)OC(C)(C)C(F)(F)F. The number of nitrogens with zero attached hydrogens (tertiary/aromatic N) is 2. The van der Waals surface area contributed by atoms with Crippen LogP contribution in [0.3, 0.4) is 0 Å². The van der Waals surface area contributed by atoms with Crippen LogP contribution >= 0.6 is 0 Å². The molecule has 324 valence electrons. The van der Waals surface area contributed by atoms with Crippen LogP contribution in [0.1, 0.15) is 91.5 Å². The Hall–Kier alpha value is -4.45. The summed E-state index contributed by atoms with van der Waals surface area (Å²) in [6, 6.07) is 4.61. The van der Waals surface area contributed by atoms with Crippen LogP contribution in [0.5, 0.6) is 5.88 Å². The topological polar surface area (TPSA) is 182 Å². The van der Waals surface area contributed by atoms with Gasteiger partial charge in [0, 0.05) is 36.6 Å². The van der Waals surface area contributed by atoms with Crippen LogP contribution in [0.4, 0.5) is 18.0 Å². The number of nitrogens with one attached hydrogen (secondary N) is 3. The van der Waals surface area contributed by atoms with Gasteiger partial charge in [-0.25, -0.2) is 18.2 Å². The van der Waals surface area contributed by atoms with Gasteiger partial charge in [0.15, 0.2) is 0 Å². The van der Waals surface area contributed by atoms with Crippen molar-refractivity contribution in [3.8, 4) is 5.88 Å². The number of rotatable bonds is 10. The number of pyridine rings is 1. The molecule has 7 atom stereocenters. The van der Waals surface area contributed by atoms with Crippen LogP contribution in [-0.4, -0.2) is 96.0 Å². The average molecular weight is 850 g/mol. The average Bonchev–Trinajstić information content (AvgIpc) is 4.04. The molecule has 1 aromatic carbocycles. The van der Waals surface area contributed by atoms with E-state index in [1.54, 1.807) is 39.3 Å². The van der Waals surface area contributed by atoms with E-state index in [-0.39, 0.29) is 37.8 Å². The van der Waals surface area contributed by atoms with Crippen molar-refractivity contribution in [1.82, 2.24) is 25.2 Å². The quantitative estimate of drug-likeness (QED) is 0.261. The lowest BCUT2D eigenvalue weighted by Gasteiger charge is -2.35. The van der Waals surface area contributed by atoms with Crippen molar-refractivity contribution in [1.29, 1.82) is 0 Å². The molecule has 4 aliphatic rings. The molecule has 3 heterocycles. The van der Waals surface area contributed by atoms with E-state index in [1.807, 2.05) is 31.2 Å². The number of benzene rings is 1. The number of sulfonamides is 1. The van der Waals surface area contributed by atoms with Crippen LogP contribution in [0, 0.1) is 17.8 Å². The van der Waals surface area contributed by atoms with E-state index in [2.05, 4.69) is 20.3 Å². The first-order chi connectivity index (χ1) is 27.6. The summed E-state index contributed by atoms with van der Waals surface area (Å²) < 4.78 is 85.6. The minimum Gasteiger partial charge on any atom is -0.472 e. The Morgan fingerprint density at radius 2 is 1.80 bits per heavy atom. The van der Waals surface area contributed by atoms with Crippen molar-refractivity contribution in [2.45, 2.75) is 133 Å². The molecule has 2 saturated carbocycles. The Morgan fingerprint density at radius 3 is 2.44 bits per heavy atom. The van der Waals surface area contributed by atoms with Crippen molar-refractivity contribution in [3.63, 3.8) is 0 Å². The fourth-order valence-electron chi connectivity index (χ4n) is 8.01. The second-order valence-corrected chi connectivity index (χ2v) is 19.4. The highest BCUT2D eigenvalue weighted by Gasteiger charge is 2.63. The highest BCUT2D eigenvalue weighted by atomic mass is 32.2. The summed E-state index contributed by atoms with van der Waals surface area (Å²) >= 11 is 0. The summed E-state index contributed by atoms with van der Waals surface area (Å²) in [4.78, 5) is 62.5. The number of allylic oxidation sites excluding steroid dienone is 1. The molecule has 0 spiro atoms. The molecule has 0 unspecified atom stereocenters. The number of halogens is 3. The van der Waals surface area contributed by atoms with E-state index in [0.29, 0.717) is 57.8 Å². The molecule has 59 heavy (non-hydrogen) atoms. The number of carbonyl (C=O) groups is 4. The van der Waals surface area contributed by atoms with E-state index in [0.717, 1.165) is 10.9 Å². The van der Waals surface area contributed by atoms with E-state index < -0.39 is 85.9 Å². The molecule has 3 fully saturated rings. The third-order valence-corrected chi connectivity index (χ3v) is 14.5. The van der Waals surface area contributed by atoms with Crippen molar-refractivity contribution < 1.29 is 55.0 Å². The van der Waals surface area contributed by atoms with Gasteiger partial charge in [-0.1, -0.05) is 50.6 Å². The summed E-state index contributed by atoms with van der Waals surface area (Å²) in [5.41, 5.74) is -3.73. The zero-order chi connectivity index (χ0) is 43.1. The van der Waals surface area contributed by atoms with Gasteiger partial charge >= 0.3 is 12.3 Å². The number of carbonyl (C=O) groups excluding carboxylic acids is 4. The van der Waals surface area contributed by atoms with Gasteiger partial charge in [0.2, 0.25) is 33.3 Å². The maximum atomic E-state index is 14.9. The molecule has 2 aromatic rings. The number of ether oxygens (including phenoxy) is 3. The Balaban J connectivity index is 1.37. The van der Waals surface area contributed by atoms with Crippen molar-refractivity contribution >= 4 is 44.6 Å². The second-order valence-electron chi connectivity index (χ2n) is 17.2. The van der Waals surface area contributed by atoms with Crippen LogP contribution in [0.2, 0.25) is 0 Å². The summed E-state index contributed by atoms with van der Waals surface area (Å²) in [5.74, 6) is -3.36. The van der Waals surface area contributed by atoms with Gasteiger partial charge in [-0.3, -0.25) is 19.1 Å². The van der Waals surface area contributed by atoms with Gasteiger partial charge < -0.3 is 29.7 Å². The number of hydrogen-bond acceptors (Lipinski definition) is 10. The number of amides is 4. The van der Waals surface area contributed by atoms with Crippen molar-refractivity contribution in [2.24, 2.45) is 17.8 Å². The summed E-state index contributed by atoms with van der Waals surface area (Å²) in [6.45, 7) is 6.79. The second kappa shape index (κ2) is 16.5. The largest absolute Gasteiger partial charge is 0.472 e. The standard InChI is InChI=1S/C41H54F3N5O9S/c1-7-25-18-24(2)12-8-9-13-27-20-40(27,36(52)48-59(54,55)39(5)16-17-39)47-33(50)31-19-28(57-34-30-15-11-10-14-29(30)26(21-45-34)23-56-6)22-49(31)35(51)32(25)46-37(53)58-38(3,4)41(42,43)44/h9-11,13-15,21,24-25,27-28,31-32H,7-8,12,16-20,22-23H2,1-6H3,(H,46,53)(H,47,50)(H,48,52)/b13-9-/t24-,25-,27-,28-,31+,32+,40-/m1/s1. The minimum atomic E-state index is -4.91. The van der Waals surface area contributed by atoms with E-state index >= 15 is 0 Å². The zero-order valence-electron chi connectivity index (χ0n) is 34.2. The number of methoxy groups -OCH3 is 1. The fourth-order valence-corrected chi connectivity index (χ4v) is 9.32. The van der Waals surface area contributed by atoms with Gasteiger partial charge in [-0.15, -0.1) is 0 Å². The number of alkyl carbamates (subject to hydrolysis) is 1.